The van der Waals surface area contributed by atoms with Gasteiger partial charge in [-0.15, -0.1) is 11.3 Å². The Morgan fingerprint density at radius 3 is 3.00 bits per heavy atom. The second-order valence-corrected chi connectivity index (χ2v) is 7.72. The Hall–Kier alpha value is -1.72. The molecule has 1 amide bonds. The van der Waals surface area contributed by atoms with E-state index >= 15 is 0 Å². The summed E-state index contributed by atoms with van der Waals surface area (Å²) in [6, 6.07) is 8.13. The number of carbonyl (C=O) groups is 1. The van der Waals surface area contributed by atoms with Crippen LogP contribution in [0.15, 0.2) is 24.3 Å². The van der Waals surface area contributed by atoms with Crippen molar-refractivity contribution in [2.75, 3.05) is 5.32 Å². The maximum atomic E-state index is 12.5. The van der Waals surface area contributed by atoms with Gasteiger partial charge in [0.05, 0.1) is 11.7 Å². The Labute approximate surface area is 140 Å². The van der Waals surface area contributed by atoms with Gasteiger partial charge < -0.3 is 10.6 Å². The molecule has 4 rings (SSSR count). The zero-order chi connectivity index (χ0) is 15.8. The molecule has 0 radical (unpaired) electrons. The number of aromatic nitrogens is 1. The van der Waals surface area contributed by atoms with Crippen LogP contribution in [-0.2, 0) is 30.6 Å². The third kappa shape index (κ3) is 3.03. The maximum absolute atomic E-state index is 12.5. The Morgan fingerprint density at radius 2 is 2.13 bits per heavy atom. The maximum Gasteiger partial charge on any atom is 0.243 e. The summed E-state index contributed by atoms with van der Waals surface area (Å²) >= 11 is 1.65. The first-order chi connectivity index (χ1) is 11.2. The van der Waals surface area contributed by atoms with E-state index < -0.39 is 0 Å². The molecule has 2 aromatic rings. The van der Waals surface area contributed by atoms with Gasteiger partial charge >= 0.3 is 0 Å². The van der Waals surface area contributed by atoms with Crippen LogP contribution < -0.4 is 10.6 Å². The molecule has 0 bridgehead atoms. The number of nitrogens with zero attached hydrogens (tertiary/aromatic N) is 1. The monoisotopic (exact) mass is 327 g/mol. The fourth-order valence-electron chi connectivity index (χ4n) is 3.43. The van der Waals surface area contributed by atoms with Gasteiger partial charge in [0.25, 0.3) is 0 Å². The molecule has 2 unspecified atom stereocenters. The average molecular weight is 327 g/mol. The quantitative estimate of drug-likeness (QED) is 0.892. The third-order valence-electron chi connectivity index (χ3n) is 4.81. The van der Waals surface area contributed by atoms with Gasteiger partial charge in [-0.3, -0.25) is 4.79 Å². The van der Waals surface area contributed by atoms with E-state index in [9.17, 15) is 4.79 Å². The lowest BCUT2D eigenvalue weighted by Crippen LogP contribution is -2.44. The number of rotatable bonds is 2. The van der Waals surface area contributed by atoms with E-state index in [1.54, 1.807) is 11.3 Å². The fourth-order valence-corrected chi connectivity index (χ4v) is 4.60. The first-order valence-corrected chi connectivity index (χ1v) is 9.10. The van der Waals surface area contributed by atoms with E-state index in [1.165, 1.54) is 28.1 Å². The van der Waals surface area contributed by atoms with Gasteiger partial charge in [-0.2, -0.15) is 0 Å². The average Bonchev–Trinajstić information content (AvgIpc) is 2.95. The number of benzene rings is 1. The van der Waals surface area contributed by atoms with Crippen LogP contribution in [0.5, 0.6) is 0 Å². The predicted molar refractivity (Wildman–Crippen MR) is 92.7 cm³/mol. The summed E-state index contributed by atoms with van der Waals surface area (Å²) in [6.45, 7) is 3.03. The lowest BCUT2D eigenvalue weighted by molar-refractivity contribution is -0.118. The van der Waals surface area contributed by atoms with E-state index in [-0.39, 0.29) is 11.9 Å². The SMILES string of the molecule is CC1CCc2nc(NC(=O)C3Cc4ccccc4CN3)sc2C1. The van der Waals surface area contributed by atoms with Crippen molar-refractivity contribution in [2.24, 2.45) is 5.92 Å². The summed E-state index contributed by atoms with van der Waals surface area (Å²) in [6.07, 6.45) is 4.07. The van der Waals surface area contributed by atoms with Crippen molar-refractivity contribution in [2.45, 2.75) is 45.2 Å². The first-order valence-electron chi connectivity index (χ1n) is 8.28. The highest BCUT2D eigenvalue weighted by molar-refractivity contribution is 7.15. The van der Waals surface area contributed by atoms with Gasteiger partial charge in [-0.1, -0.05) is 31.2 Å². The van der Waals surface area contributed by atoms with Crippen LogP contribution in [0.25, 0.3) is 0 Å². The van der Waals surface area contributed by atoms with Crippen molar-refractivity contribution in [1.29, 1.82) is 0 Å². The smallest absolute Gasteiger partial charge is 0.243 e. The molecule has 23 heavy (non-hydrogen) atoms. The van der Waals surface area contributed by atoms with E-state index in [4.69, 9.17) is 0 Å². The van der Waals surface area contributed by atoms with E-state index in [1.807, 2.05) is 12.1 Å². The number of carbonyl (C=O) groups excluding carboxylic acids is 1. The minimum Gasteiger partial charge on any atom is -0.301 e. The number of anilines is 1. The zero-order valence-corrected chi connectivity index (χ0v) is 14.1. The number of fused-ring (bicyclic) bond motifs is 2. The Kier molecular flexibility index (Phi) is 3.91. The molecule has 2 heterocycles. The van der Waals surface area contributed by atoms with Crippen molar-refractivity contribution < 1.29 is 4.79 Å². The molecule has 5 heteroatoms. The summed E-state index contributed by atoms with van der Waals surface area (Å²) < 4.78 is 0. The van der Waals surface area contributed by atoms with E-state index in [2.05, 4.69) is 34.7 Å². The van der Waals surface area contributed by atoms with Crippen LogP contribution in [0.4, 0.5) is 5.13 Å². The van der Waals surface area contributed by atoms with E-state index in [0.29, 0.717) is 0 Å². The Morgan fingerprint density at radius 1 is 1.30 bits per heavy atom. The molecule has 4 nitrogen and oxygen atoms in total. The van der Waals surface area contributed by atoms with Crippen LogP contribution in [0, 0.1) is 5.92 Å². The van der Waals surface area contributed by atoms with Crippen molar-refractivity contribution >= 4 is 22.4 Å². The van der Waals surface area contributed by atoms with Crippen molar-refractivity contribution in [3.63, 3.8) is 0 Å². The van der Waals surface area contributed by atoms with Crippen LogP contribution >= 0.6 is 11.3 Å². The number of hydrogen-bond acceptors (Lipinski definition) is 4. The minimum absolute atomic E-state index is 0.0265. The van der Waals surface area contributed by atoms with Gasteiger partial charge in [0.1, 0.15) is 0 Å². The predicted octanol–water partition coefficient (Wildman–Crippen LogP) is 2.92. The summed E-state index contributed by atoms with van der Waals surface area (Å²) in [4.78, 5) is 18.5. The summed E-state index contributed by atoms with van der Waals surface area (Å²) in [5.74, 6) is 0.752. The molecule has 1 aromatic heterocycles. The van der Waals surface area contributed by atoms with Gasteiger partial charge in [-0.05, 0) is 42.7 Å². The highest BCUT2D eigenvalue weighted by atomic mass is 32.1. The molecule has 0 fully saturated rings. The molecular weight excluding hydrogens is 306 g/mol. The summed E-state index contributed by atoms with van der Waals surface area (Å²) in [7, 11) is 0. The Balaban J connectivity index is 1.45. The number of aryl methyl sites for hydroxylation is 1. The number of amides is 1. The number of thiazole rings is 1. The van der Waals surface area contributed by atoms with Gasteiger partial charge in [0.2, 0.25) is 5.91 Å². The molecule has 2 aliphatic rings. The second-order valence-electron chi connectivity index (χ2n) is 6.63. The normalized spacial score (nSPS) is 23.0. The molecule has 2 N–H and O–H groups in total. The molecular formula is C18H21N3OS. The highest BCUT2D eigenvalue weighted by Crippen LogP contribution is 2.32. The lowest BCUT2D eigenvalue weighted by Gasteiger charge is -2.24. The number of hydrogen-bond donors (Lipinski definition) is 2. The standard InChI is InChI=1S/C18H21N3OS/c1-11-6-7-14-16(8-11)23-18(20-14)21-17(22)15-9-12-4-2-3-5-13(12)10-19-15/h2-5,11,15,19H,6-10H2,1H3,(H,20,21,22). The summed E-state index contributed by atoms with van der Waals surface area (Å²) in [5.41, 5.74) is 3.74. The van der Waals surface area contributed by atoms with Crippen LogP contribution in [-0.4, -0.2) is 16.9 Å². The van der Waals surface area contributed by atoms with Crippen molar-refractivity contribution in [1.82, 2.24) is 10.3 Å². The molecule has 0 saturated heterocycles. The molecule has 0 saturated carbocycles. The topological polar surface area (TPSA) is 54.0 Å². The van der Waals surface area contributed by atoms with E-state index in [0.717, 1.165) is 36.9 Å². The second kappa shape index (κ2) is 6.06. The van der Waals surface area contributed by atoms with Crippen LogP contribution in [0.1, 0.15) is 35.0 Å². The van der Waals surface area contributed by atoms with Crippen LogP contribution in [0.2, 0.25) is 0 Å². The molecule has 120 valence electrons. The highest BCUT2D eigenvalue weighted by Gasteiger charge is 2.26. The first kappa shape index (κ1) is 14.8. The molecule has 1 aliphatic carbocycles. The molecule has 1 aromatic carbocycles. The van der Waals surface area contributed by atoms with Gasteiger partial charge in [0.15, 0.2) is 5.13 Å². The molecule has 1 aliphatic heterocycles. The summed E-state index contributed by atoms with van der Waals surface area (Å²) in [5, 5.41) is 7.11. The Bertz CT molecular complexity index is 740. The van der Waals surface area contributed by atoms with Gasteiger partial charge in [-0.25, -0.2) is 4.98 Å². The zero-order valence-electron chi connectivity index (χ0n) is 13.3. The van der Waals surface area contributed by atoms with Crippen LogP contribution in [0.3, 0.4) is 0 Å². The van der Waals surface area contributed by atoms with Crippen molar-refractivity contribution in [3.05, 3.63) is 46.0 Å². The minimum atomic E-state index is -0.176. The largest absolute Gasteiger partial charge is 0.301 e. The lowest BCUT2D eigenvalue weighted by atomic mass is 9.93. The molecule has 0 spiro atoms. The molecule has 2 atom stereocenters. The number of nitrogens with one attached hydrogen (secondary N) is 2. The fraction of sp³-hybridized carbons (Fsp3) is 0.444. The van der Waals surface area contributed by atoms with Gasteiger partial charge in [0, 0.05) is 11.4 Å². The third-order valence-corrected chi connectivity index (χ3v) is 5.85. The van der Waals surface area contributed by atoms with Crippen molar-refractivity contribution in [3.8, 4) is 0 Å².